The predicted octanol–water partition coefficient (Wildman–Crippen LogP) is 1.05. The molecule has 0 spiro atoms. The minimum Gasteiger partial charge on any atom is -0.392 e. The predicted molar refractivity (Wildman–Crippen MR) is 65.3 cm³/mol. The Morgan fingerprint density at radius 1 is 1.41 bits per heavy atom. The molecule has 17 heavy (non-hydrogen) atoms. The van der Waals surface area contributed by atoms with Crippen LogP contribution < -0.4 is 0 Å². The van der Waals surface area contributed by atoms with Crippen molar-refractivity contribution < 1.29 is 20.1 Å². The van der Waals surface area contributed by atoms with Crippen LogP contribution in [0.4, 0.5) is 0 Å². The topological polar surface area (TPSA) is 69.9 Å². The summed E-state index contributed by atoms with van der Waals surface area (Å²) in [5.41, 5.74) is 0. The Kier molecular flexibility index (Phi) is 5.59. The molecule has 0 aromatic heterocycles. The Hall–Kier alpha value is -0.420. The smallest absolute Gasteiger partial charge is 0.152 e. The molecule has 1 aliphatic carbocycles. The van der Waals surface area contributed by atoms with E-state index in [0.717, 1.165) is 0 Å². The summed E-state index contributed by atoms with van der Waals surface area (Å²) < 4.78 is 5.36. The van der Waals surface area contributed by atoms with Gasteiger partial charge in [-0.05, 0) is 19.3 Å². The van der Waals surface area contributed by atoms with Gasteiger partial charge < -0.3 is 20.1 Å². The molecule has 0 bridgehead atoms. The fourth-order valence-electron chi connectivity index (χ4n) is 2.34. The van der Waals surface area contributed by atoms with Crippen LogP contribution in [-0.4, -0.2) is 39.9 Å². The fraction of sp³-hybridized carbons (Fsp3) is 0.846. The molecule has 2 unspecified atom stereocenters. The molecule has 0 aromatic carbocycles. The first kappa shape index (κ1) is 14.6. The molecule has 0 radical (unpaired) electrons. The summed E-state index contributed by atoms with van der Waals surface area (Å²) in [6.45, 7) is 5.47. The molecule has 1 fully saturated rings. The first-order valence-corrected chi connectivity index (χ1v) is 6.33. The number of ether oxygens (including phenoxy) is 1. The lowest BCUT2D eigenvalue weighted by Crippen LogP contribution is -2.23. The normalized spacial score (nSPS) is 37.5. The molecule has 0 amide bonds. The van der Waals surface area contributed by atoms with Crippen LogP contribution in [0.1, 0.15) is 33.6 Å². The second-order valence-electron chi connectivity index (χ2n) is 4.87. The molecule has 6 atom stereocenters. The van der Waals surface area contributed by atoms with E-state index in [1.165, 1.54) is 0 Å². The van der Waals surface area contributed by atoms with Crippen LogP contribution in [0, 0.1) is 11.8 Å². The quantitative estimate of drug-likeness (QED) is 0.499. The van der Waals surface area contributed by atoms with Gasteiger partial charge in [-0.3, -0.25) is 0 Å². The van der Waals surface area contributed by atoms with Crippen LogP contribution in [0.2, 0.25) is 0 Å². The molecule has 0 saturated heterocycles. The Labute approximate surface area is 103 Å². The van der Waals surface area contributed by atoms with Gasteiger partial charge >= 0.3 is 0 Å². The van der Waals surface area contributed by atoms with Crippen LogP contribution >= 0.6 is 0 Å². The highest BCUT2D eigenvalue weighted by Gasteiger charge is 2.39. The fourth-order valence-corrected chi connectivity index (χ4v) is 2.34. The van der Waals surface area contributed by atoms with Gasteiger partial charge in [0.1, 0.15) is 0 Å². The Bertz CT molecular complexity index is 252. The summed E-state index contributed by atoms with van der Waals surface area (Å²) >= 11 is 0. The molecule has 3 N–H and O–H groups in total. The van der Waals surface area contributed by atoms with Gasteiger partial charge in [0, 0.05) is 12.3 Å². The van der Waals surface area contributed by atoms with E-state index in [-0.39, 0.29) is 17.9 Å². The number of hydrogen-bond acceptors (Lipinski definition) is 4. The summed E-state index contributed by atoms with van der Waals surface area (Å²) in [6, 6.07) is 0. The van der Waals surface area contributed by atoms with Crippen molar-refractivity contribution in [2.45, 2.75) is 58.2 Å². The van der Waals surface area contributed by atoms with E-state index >= 15 is 0 Å². The van der Waals surface area contributed by atoms with E-state index in [0.29, 0.717) is 12.8 Å². The van der Waals surface area contributed by atoms with Crippen LogP contribution in [0.3, 0.4) is 0 Å². The summed E-state index contributed by atoms with van der Waals surface area (Å²) in [4.78, 5) is 0. The molecule has 1 aliphatic rings. The Morgan fingerprint density at radius 2 is 2.06 bits per heavy atom. The SMILES string of the molecule is CC[C@H](O)/C=C/[C@H]1C(O)C[C@H](OC(C)O)[C@@H]1C. The second-order valence-corrected chi connectivity index (χ2v) is 4.87. The summed E-state index contributed by atoms with van der Waals surface area (Å²) in [7, 11) is 0. The summed E-state index contributed by atoms with van der Waals surface area (Å²) in [5, 5.41) is 28.6. The molecule has 0 aromatic rings. The molecule has 0 heterocycles. The molecule has 1 rings (SSSR count). The standard InChI is InChI=1S/C13H24O4/c1-4-10(15)5-6-11-8(2)13(7-12(11)16)17-9(3)14/h5-6,8-16H,4,7H2,1-3H3/b6-5+/t8-,9?,10+,11-,12?,13+/m1/s1. The molecule has 4 nitrogen and oxygen atoms in total. The molecule has 1 saturated carbocycles. The summed E-state index contributed by atoms with van der Waals surface area (Å²) in [5.74, 6) is 0.125. The lowest BCUT2D eigenvalue weighted by molar-refractivity contribution is -0.134. The molecule has 100 valence electrons. The van der Waals surface area contributed by atoms with Crippen molar-refractivity contribution in [1.29, 1.82) is 0 Å². The number of rotatable bonds is 5. The van der Waals surface area contributed by atoms with Crippen LogP contribution in [0.5, 0.6) is 0 Å². The minimum absolute atomic E-state index is 0.0139. The zero-order valence-electron chi connectivity index (χ0n) is 10.8. The van der Waals surface area contributed by atoms with Gasteiger partial charge in [0.15, 0.2) is 6.29 Å². The van der Waals surface area contributed by atoms with Gasteiger partial charge in [0.05, 0.1) is 18.3 Å². The molecular formula is C13H24O4. The Balaban J connectivity index is 2.59. The maximum absolute atomic E-state index is 9.93. The maximum Gasteiger partial charge on any atom is 0.152 e. The van der Waals surface area contributed by atoms with E-state index in [1.54, 1.807) is 13.0 Å². The van der Waals surface area contributed by atoms with E-state index in [2.05, 4.69) is 0 Å². The second kappa shape index (κ2) is 6.50. The molecular weight excluding hydrogens is 220 g/mol. The average molecular weight is 244 g/mol. The largest absolute Gasteiger partial charge is 0.392 e. The highest BCUT2D eigenvalue weighted by molar-refractivity contribution is 5.03. The van der Waals surface area contributed by atoms with Gasteiger partial charge in [-0.25, -0.2) is 0 Å². The first-order chi connectivity index (χ1) is 7.95. The third-order valence-electron chi connectivity index (χ3n) is 3.46. The zero-order valence-corrected chi connectivity index (χ0v) is 10.8. The van der Waals surface area contributed by atoms with Crippen molar-refractivity contribution in [2.24, 2.45) is 11.8 Å². The van der Waals surface area contributed by atoms with Crippen LogP contribution in [-0.2, 0) is 4.74 Å². The van der Waals surface area contributed by atoms with E-state index in [4.69, 9.17) is 4.74 Å². The van der Waals surface area contributed by atoms with E-state index in [9.17, 15) is 15.3 Å². The van der Waals surface area contributed by atoms with Crippen molar-refractivity contribution in [3.8, 4) is 0 Å². The Morgan fingerprint density at radius 3 is 2.59 bits per heavy atom. The highest BCUT2D eigenvalue weighted by atomic mass is 16.6. The third-order valence-corrected chi connectivity index (χ3v) is 3.46. The van der Waals surface area contributed by atoms with Crippen molar-refractivity contribution in [1.82, 2.24) is 0 Å². The maximum atomic E-state index is 9.93. The zero-order chi connectivity index (χ0) is 13.0. The monoisotopic (exact) mass is 244 g/mol. The van der Waals surface area contributed by atoms with Gasteiger partial charge in [-0.1, -0.05) is 26.0 Å². The third kappa shape index (κ3) is 4.07. The van der Waals surface area contributed by atoms with Crippen molar-refractivity contribution in [3.63, 3.8) is 0 Å². The van der Waals surface area contributed by atoms with Crippen molar-refractivity contribution in [2.75, 3.05) is 0 Å². The number of aliphatic hydroxyl groups excluding tert-OH is 3. The first-order valence-electron chi connectivity index (χ1n) is 6.33. The number of hydrogen-bond donors (Lipinski definition) is 3. The number of aliphatic hydroxyl groups is 3. The average Bonchev–Trinajstić information content (AvgIpc) is 2.51. The highest BCUT2D eigenvalue weighted by Crippen LogP contribution is 2.35. The van der Waals surface area contributed by atoms with Gasteiger partial charge in [0.25, 0.3) is 0 Å². The van der Waals surface area contributed by atoms with Gasteiger partial charge in [-0.15, -0.1) is 0 Å². The minimum atomic E-state index is -0.807. The van der Waals surface area contributed by atoms with Gasteiger partial charge in [0.2, 0.25) is 0 Å². The van der Waals surface area contributed by atoms with Crippen molar-refractivity contribution in [3.05, 3.63) is 12.2 Å². The molecule has 4 heteroatoms. The van der Waals surface area contributed by atoms with Crippen LogP contribution in [0.25, 0.3) is 0 Å². The lowest BCUT2D eigenvalue weighted by atomic mass is 9.94. The van der Waals surface area contributed by atoms with Crippen molar-refractivity contribution >= 4 is 0 Å². The van der Waals surface area contributed by atoms with E-state index in [1.807, 2.05) is 19.9 Å². The van der Waals surface area contributed by atoms with Gasteiger partial charge in [-0.2, -0.15) is 0 Å². The summed E-state index contributed by atoms with van der Waals surface area (Å²) in [6.07, 6.45) is 2.95. The molecule has 0 aliphatic heterocycles. The van der Waals surface area contributed by atoms with Crippen LogP contribution in [0.15, 0.2) is 12.2 Å². The lowest BCUT2D eigenvalue weighted by Gasteiger charge is -2.20. The van der Waals surface area contributed by atoms with E-state index < -0.39 is 18.5 Å².